The molecule has 0 N–H and O–H groups in total. The number of nitrogens with zero attached hydrogens (tertiary/aromatic N) is 1. The third kappa shape index (κ3) is 3.58. The fraction of sp³-hybridized carbons (Fsp3) is 0.533. The van der Waals surface area contributed by atoms with Crippen molar-refractivity contribution in [1.82, 2.24) is 0 Å². The van der Waals surface area contributed by atoms with Crippen molar-refractivity contribution in [2.75, 3.05) is 11.4 Å². The minimum absolute atomic E-state index is 0.0477. The van der Waals surface area contributed by atoms with Gasteiger partial charge in [-0.05, 0) is 25.0 Å². The third-order valence-corrected chi connectivity index (χ3v) is 2.90. The lowest BCUT2D eigenvalue weighted by Crippen LogP contribution is -2.35. The van der Waals surface area contributed by atoms with Crippen LogP contribution in [0.3, 0.4) is 0 Å². The zero-order chi connectivity index (χ0) is 12.8. The van der Waals surface area contributed by atoms with Crippen LogP contribution in [-0.2, 0) is 4.79 Å². The van der Waals surface area contributed by atoms with Crippen LogP contribution in [0.1, 0.15) is 39.2 Å². The van der Waals surface area contributed by atoms with Crippen LogP contribution in [0.4, 0.5) is 5.69 Å². The van der Waals surface area contributed by atoms with E-state index in [0.29, 0.717) is 0 Å². The lowest BCUT2D eigenvalue weighted by Gasteiger charge is -2.26. The fourth-order valence-corrected chi connectivity index (χ4v) is 1.84. The van der Waals surface area contributed by atoms with Gasteiger partial charge in [0.15, 0.2) is 0 Å². The number of aryl methyl sites for hydroxylation is 1. The highest BCUT2D eigenvalue weighted by Crippen LogP contribution is 2.21. The van der Waals surface area contributed by atoms with Gasteiger partial charge in [-0.25, -0.2) is 0 Å². The molecule has 0 heterocycles. The van der Waals surface area contributed by atoms with Crippen molar-refractivity contribution in [3.8, 4) is 0 Å². The Morgan fingerprint density at radius 2 is 1.94 bits per heavy atom. The van der Waals surface area contributed by atoms with Gasteiger partial charge in [-0.3, -0.25) is 4.79 Å². The molecule has 17 heavy (non-hydrogen) atoms. The van der Waals surface area contributed by atoms with Gasteiger partial charge in [-0.1, -0.05) is 45.4 Å². The number of hydrogen-bond donors (Lipinski definition) is 0. The van der Waals surface area contributed by atoms with Crippen molar-refractivity contribution in [3.05, 3.63) is 29.8 Å². The Morgan fingerprint density at radius 1 is 1.29 bits per heavy atom. The van der Waals surface area contributed by atoms with Crippen molar-refractivity contribution >= 4 is 11.6 Å². The average Bonchev–Trinajstić information content (AvgIpc) is 2.31. The van der Waals surface area contributed by atoms with E-state index in [9.17, 15) is 4.79 Å². The smallest absolute Gasteiger partial charge is 0.229 e. The van der Waals surface area contributed by atoms with Crippen LogP contribution in [0, 0.1) is 12.8 Å². The molecule has 0 fully saturated rings. The molecule has 0 spiro atoms. The summed E-state index contributed by atoms with van der Waals surface area (Å²) in [6.07, 6.45) is 2.15. The number of carbonyl (C=O) groups excluding carboxylic acids is 1. The van der Waals surface area contributed by atoms with Gasteiger partial charge < -0.3 is 4.90 Å². The number of unbranched alkanes of at least 4 members (excludes halogenated alkanes) is 1. The molecule has 1 aromatic rings. The van der Waals surface area contributed by atoms with Crippen LogP contribution in [0.15, 0.2) is 24.3 Å². The topological polar surface area (TPSA) is 20.3 Å². The first-order chi connectivity index (χ1) is 8.07. The molecule has 2 heteroatoms. The lowest BCUT2D eigenvalue weighted by molar-refractivity contribution is -0.121. The molecular formula is C15H23NO. The number of amides is 1. The van der Waals surface area contributed by atoms with Crippen molar-refractivity contribution < 1.29 is 4.79 Å². The Labute approximate surface area is 105 Å². The maximum atomic E-state index is 12.2. The predicted octanol–water partition coefficient (Wildman–Crippen LogP) is 3.78. The molecule has 0 saturated heterocycles. The maximum Gasteiger partial charge on any atom is 0.229 e. The Morgan fingerprint density at radius 3 is 2.47 bits per heavy atom. The summed E-state index contributed by atoms with van der Waals surface area (Å²) in [5, 5.41) is 0. The number of carbonyl (C=O) groups is 1. The van der Waals surface area contributed by atoms with Crippen LogP contribution in [0.2, 0.25) is 0 Å². The lowest BCUT2D eigenvalue weighted by atomic mass is 10.1. The number of para-hydroxylation sites is 1. The fourth-order valence-electron chi connectivity index (χ4n) is 1.84. The van der Waals surface area contributed by atoms with Crippen LogP contribution >= 0.6 is 0 Å². The number of hydrogen-bond acceptors (Lipinski definition) is 1. The van der Waals surface area contributed by atoms with Crippen molar-refractivity contribution in [2.45, 2.75) is 40.5 Å². The molecule has 0 bridgehead atoms. The zero-order valence-electron chi connectivity index (χ0n) is 11.4. The number of benzene rings is 1. The van der Waals surface area contributed by atoms with Gasteiger partial charge in [0.1, 0.15) is 0 Å². The maximum absolute atomic E-state index is 12.2. The standard InChI is InChI=1S/C15H23NO/c1-5-6-11-16(15(17)12(2)3)14-10-8-7-9-13(14)4/h7-10,12H,5-6,11H2,1-4H3. The van der Waals surface area contributed by atoms with E-state index in [0.717, 1.165) is 30.6 Å². The third-order valence-electron chi connectivity index (χ3n) is 2.90. The van der Waals surface area contributed by atoms with Gasteiger partial charge >= 0.3 is 0 Å². The van der Waals surface area contributed by atoms with E-state index in [1.807, 2.05) is 36.9 Å². The first kappa shape index (κ1) is 13.8. The molecule has 2 nitrogen and oxygen atoms in total. The summed E-state index contributed by atoms with van der Waals surface area (Å²) in [7, 11) is 0. The van der Waals surface area contributed by atoms with E-state index in [1.54, 1.807) is 0 Å². The second-order valence-electron chi connectivity index (χ2n) is 4.78. The molecule has 0 aliphatic heterocycles. The number of rotatable bonds is 5. The quantitative estimate of drug-likeness (QED) is 0.757. The molecule has 1 amide bonds. The Kier molecular flexibility index (Phi) is 5.20. The van der Waals surface area contributed by atoms with E-state index in [1.165, 1.54) is 0 Å². The summed E-state index contributed by atoms with van der Waals surface area (Å²) in [5.74, 6) is 0.263. The predicted molar refractivity (Wildman–Crippen MR) is 73.3 cm³/mol. The van der Waals surface area contributed by atoms with Crippen LogP contribution in [0.5, 0.6) is 0 Å². The van der Waals surface area contributed by atoms with Gasteiger partial charge in [0.2, 0.25) is 5.91 Å². The summed E-state index contributed by atoms with van der Waals surface area (Å²) >= 11 is 0. The second-order valence-corrected chi connectivity index (χ2v) is 4.78. The molecule has 0 radical (unpaired) electrons. The molecule has 0 aromatic heterocycles. The van der Waals surface area contributed by atoms with E-state index in [4.69, 9.17) is 0 Å². The second kappa shape index (κ2) is 6.43. The highest BCUT2D eigenvalue weighted by Gasteiger charge is 2.19. The normalized spacial score (nSPS) is 10.6. The zero-order valence-corrected chi connectivity index (χ0v) is 11.4. The molecule has 0 saturated carbocycles. The Balaban J connectivity index is 2.98. The monoisotopic (exact) mass is 233 g/mol. The molecule has 0 aliphatic carbocycles. The van der Waals surface area contributed by atoms with Gasteiger partial charge in [-0.2, -0.15) is 0 Å². The first-order valence-corrected chi connectivity index (χ1v) is 6.45. The highest BCUT2D eigenvalue weighted by molar-refractivity contribution is 5.95. The molecule has 0 aliphatic rings. The van der Waals surface area contributed by atoms with Crippen LogP contribution in [-0.4, -0.2) is 12.5 Å². The molecule has 94 valence electrons. The summed E-state index contributed by atoms with van der Waals surface area (Å²) in [6, 6.07) is 8.10. The van der Waals surface area contributed by atoms with E-state index >= 15 is 0 Å². The van der Waals surface area contributed by atoms with Crippen molar-refractivity contribution in [3.63, 3.8) is 0 Å². The summed E-state index contributed by atoms with van der Waals surface area (Å²) in [4.78, 5) is 14.2. The molecule has 1 aromatic carbocycles. The van der Waals surface area contributed by atoms with Gasteiger partial charge in [0, 0.05) is 18.2 Å². The molecule has 0 unspecified atom stereocenters. The largest absolute Gasteiger partial charge is 0.312 e. The molecular weight excluding hydrogens is 210 g/mol. The summed E-state index contributed by atoms with van der Waals surface area (Å²) < 4.78 is 0. The van der Waals surface area contributed by atoms with Crippen LogP contribution in [0.25, 0.3) is 0 Å². The van der Waals surface area contributed by atoms with E-state index in [-0.39, 0.29) is 11.8 Å². The average molecular weight is 233 g/mol. The van der Waals surface area contributed by atoms with Crippen molar-refractivity contribution in [2.24, 2.45) is 5.92 Å². The van der Waals surface area contributed by atoms with Crippen LogP contribution < -0.4 is 4.90 Å². The molecule has 1 rings (SSSR count). The Bertz CT molecular complexity index is 371. The summed E-state index contributed by atoms with van der Waals surface area (Å²) in [6.45, 7) is 8.94. The minimum Gasteiger partial charge on any atom is -0.312 e. The minimum atomic E-state index is 0.0477. The molecule has 0 atom stereocenters. The highest BCUT2D eigenvalue weighted by atomic mass is 16.2. The van der Waals surface area contributed by atoms with E-state index in [2.05, 4.69) is 19.9 Å². The first-order valence-electron chi connectivity index (χ1n) is 6.45. The van der Waals surface area contributed by atoms with Gasteiger partial charge in [0.05, 0.1) is 0 Å². The Hall–Kier alpha value is -1.31. The summed E-state index contributed by atoms with van der Waals surface area (Å²) in [5.41, 5.74) is 2.22. The number of anilines is 1. The SMILES string of the molecule is CCCCN(C(=O)C(C)C)c1ccccc1C. The van der Waals surface area contributed by atoms with Gasteiger partial charge in [-0.15, -0.1) is 0 Å². The van der Waals surface area contributed by atoms with E-state index < -0.39 is 0 Å². The van der Waals surface area contributed by atoms with Crippen molar-refractivity contribution in [1.29, 1.82) is 0 Å². The van der Waals surface area contributed by atoms with Gasteiger partial charge in [0.25, 0.3) is 0 Å².